The van der Waals surface area contributed by atoms with Crippen LogP contribution < -0.4 is 10.6 Å². The van der Waals surface area contributed by atoms with Gasteiger partial charge in [0.15, 0.2) is 0 Å². The largest absolute Gasteiger partial charge is 0.325 e. The molecule has 3 rings (SSSR count). The summed E-state index contributed by atoms with van der Waals surface area (Å²) >= 11 is 6.01. The number of amides is 4. The predicted molar refractivity (Wildman–Crippen MR) is 98.9 cm³/mol. The van der Waals surface area contributed by atoms with E-state index in [-0.39, 0.29) is 0 Å². The quantitative estimate of drug-likeness (QED) is 0.811. The minimum Gasteiger partial charge on any atom is -0.323 e. The molecule has 0 bridgehead atoms. The molecule has 1 aliphatic heterocycles. The van der Waals surface area contributed by atoms with Gasteiger partial charge in [-0.05, 0) is 31.5 Å². The van der Waals surface area contributed by atoms with Gasteiger partial charge in [-0.15, -0.1) is 0 Å². The average molecular weight is 372 g/mol. The minimum atomic E-state index is -1.20. The molecule has 0 aromatic heterocycles. The van der Waals surface area contributed by atoms with E-state index in [4.69, 9.17) is 11.6 Å². The maximum absolute atomic E-state index is 12.8. The Balaban J connectivity index is 1.76. The van der Waals surface area contributed by atoms with Crippen molar-refractivity contribution < 1.29 is 14.4 Å². The van der Waals surface area contributed by atoms with Gasteiger partial charge in [0.2, 0.25) is 5.91 Å². The fraction of sp³-hybridized carbons (Fsp3) is 0.211. The second kappa shape index (κ2) is 6.80. The monoisotopic (exact) mass is 371 g/mol. The number of imide groups is 1. The van der Waals surface area contributed by atoms with Crippen LogP contribution in [0.3, 0.4) is 0 Å². The van der Waals surface area contributed by atoms with Crippen molar-refractivity contribution in [1.82, 2.24) is 10.2 Å². The molecule has 1 aliphatic rings. The van der Waals surface area contributed by atoms with Crippen LogP contribution in [0.1, 0.15) is 18.1 Å². The second-order valence-corrected chi connectivity index (χ2v) is 6.75. The molecule has 1 fully saturated rings. The number of halogens is 1. The molecule has 1 atom stereocenters. The molecular weight excluding hydrogens is 354 g/mol. The Morgan fingerprint density at radius 1 is 1.15 bits per heavy atom. The Labute approximate surface area is 156 Å². The average Bonchev–Trinajstić information content (AvgIpc) is 2.82. The number of benzene rings is 2. The fourth-order valence-corrected chi connectivity index (χ4v) is 3.00. The molecule has 0 saturated carbocycles. The number of nitrogens with zero attached hydrogens (tertiary/aromatic N) is 1. The zero-order chi connectivity index (χ0) is 18.9. The third-order valence-corrected chi connectivity index (χ3v) is 4.68. The first-order valence-electron chi connectivity index (χ1n) is 8.07. The first-order valence-corrected chi connectivity index (χ1v) is 8.45. The van der Waals surface area contributed by atoms with Gasteiger partial charge in [0.1, 0.15) is 12.1 Å². The van der Waals surface area contributed by atoms with Gasteiger partial charge < -0.3 is 10.6 Å². The molecule has 26 heavy (non-hydrogen) atoms. The van der Waals surface area contributed by atoms with Crippen LogP contribution >= 0.6 is 11.6 Å². The van der Waals surface area contributed by atoms with Gasteiger partial charge in [-0.2, -0.15) is 0 Å². The van der Waals surface area contributed by atoms with Crippen LogP contribution in [0.25, 0.3) is 0 Å². The lowest BCUT2D eigenvalue weighted by Crippen LogP contribution is -2.42. The van der Waals surface area contributed by atoms with Crippen molar-refractivity contribution in [3.05, 3.63) is 64.7 Å². The second-order valence-electron chi connectivity index (χ2n) is 6.34. The van der Waals surface area contributed by atoms with Gasteiger partial charge in [-0.3, -0.25) is 14.5 Å². The molecule has 2 aromatic carbocycles. The highest BCUT2D eigenvalue weighted by Gasteiger charge is 2.49. The van der Waals surface area contributed by atoms with E-state index >= 15 is 0 Å². The molecule has 0 spiro atoms. The van der Waals surface area contributed by atoms with Crippen molar-refractivity contribution >= 4 is 35.1 Å². The molecule has 1 unspecified atom stereocenters. The van der Waals surface area contributed by atoms with Gasteiger partial charge in [-0.1, -0.05) is 53.6 Å². The van der Waals surface area contributed by atoms with Crippen molar-refractivity contribution in [3.63, 3.8) is 0 Å². The van der Waals surface area contributed by atoms with Crippen LogP contribution in [0.2, 0.25) is 5.02 Å². The van der Waals surface area contributed by atoms with Crippen LogP contribution in [0, 0.1) is 6.92 Å². The zero-order valence-corrected chi connectivity index (χ0v) is 15.1. The Bertz CT molecular complexity index is 882. The van der Waals surface area contributed by atoms with E-state index in [9.17, 15) is 14.4 Å². The van der Waals surface area contributed by atoms with Gasteiger partial charge >= 0.3 is 6.03 Å². The summed E-state index contributed by atoms with van der Waals surface area (Å²) in [5.41, 5.74) is 0.934. The minimum absolute atomic E-state index is 0.377. The molecule has 6 nitrogen and oxygen atoms in total. The number of rotatable bonds is 4. The van der Waals surface area contributed by atoms with E-state index in [0.717, 1.165) is 10.5 Å². The van der Waals surface area contributed by atoms with Crippen LogP contribution in [-0.4, -0.2) is 29.3 Å². The van der Waals surface area contributed by atoms with E-state index in [2.05, 4.69) is 10.6 Å². The predicted octanol–water partition coefficient (Wildman–Crippen LogP) is 3.05. The van der Waals surface area contributed by atoms with E-state index in [1.165, 1.54) is 0 Å². The maximum Gasteiger partial charge on any atom is 0.325 e. The third kappa shape index (κ3) is 3.28. The Hall–Kier alpha value is -2.86. The molecule has 0 radical (unpaired) electrons. The van der Waals surface area contributed by atoms with Crippen molar-refractivity contribution in [3.8, 4) is 0 Å². The van der Waals surface area contributed by atoms with Crippen molar-refractivity contribution in [2.45, 2.75) is 19.4 Å². The number of anilines is 1. The first kappa shape index (κ1) is 17.9. The summed E-state index contributed by atoms with van der Waals surface area (Å²) in [6.45, 7) is 3.17. The first-order chi connectivity index (χ1) is 12.3. The lowest BCUT2D eigenvalue weighted by molar-refractivity contribution is -0.133. The standard InChI is InChI=1S/C19H18ClN3O3/c1-12-7-9-13(10-8-12)19(2)17(25)23(18(26)22-19)11-16(24)21-15-6-4-3-5-14(15)20/h3-10H,11H2,1-2H3,(H,21,24)(H,22,26). The summed E-state index contributed by atoms with van der Waals surface area (Å²) in [6, 6.07) is 13.5. The van der Waals surface area contributed by atoms with Crippen molar-refractivity contribution in [2.75, 3.05) is 11.9 Å². The lowest BCUT2D eigenvalue weighted by Gasteiger charge is -2.22. The molecule has 1 saturated heterocycles. The summed E-state index contributed by atoms with van der Waals surface area (Å²) in [4.78, 5) is 38.3. The number of hydrogen-bond acceptors (Lipinski definition) is 3. The molecule has 2 N–H and O–H groups in total. The number of carbonyl (C=O) groups excluding carboxylic acids is 3. The highest BCUT2D eigenvalue weighted by molar-refractivity contribution is 6.33. The van der Waals surface area contributed by atoms with Crippen LogP contribution in [0.15, 0.2) is 48.5 Å². The molecule has 7 heteroatoms. The maximum atomic E-state index is 12.8. The number of para-hydroxylation sites is 1. The van der Waals surface area contributed by atoms with Gasteiger partial charge in [0, 0.05) is 0 Å². The Kier molecular flexibility index (Phi) is 4.70. The highest BCUT2D eigenvalue weighted by atomic mass is 35.5. The normalized spacial score (nSPS) is 19.4. The Morgan fingerprint density at radius 2 is 1.81 bits per heavy atom. The van der Waals surface area contributed by atoms with E-state index in [1.54, 1.807) is 43.3 Å². The molecular formula is C19H18ClN3O3. The van der Waals surface area contributed by atoms with Crippen LogP contribution in [-0.2, 0) is 15.1 Å². The van der Waals surface area contributed by atoms with Gasteiger partial charge in [0.25, 0.3) is 5.91 Å². The van der Waals surface area contributed by atoms with E-state index in [0.29, 0.717) is 16.3 Å². The SMILES string of the molecule is Cc1ccc(C2(C)NC(=O)N(CC(=O)Nc3ccccc3Cl)C2=O)cc1. The molecule has 1 heterocycles. The van der Waals surface area contributed by atoms with E-state index < -0.39 is 29.9 Å². The number of nitrogens with one attached hydrogen (secondary N) is 2. The summed E-state index contributed by atoms with van der Waals surface area (Å²) in [7, 11) is 0. The zero-order valence-electron chi connectivity index (χ0n) is 14.4. The smallest absolute Gasteiger partial charge is 0.323 e. The number of urea groups is 1. The van der Waals surface area contributed by atoms with Crippen LogP contribution in [0.5, 0.6) is 0 Å². The van der Waals surface area contributed by atoms with Crippen molar-refractivity contribution in [1.29, 1.82) is 0 Å². The van der Waals surface area contributed by atoms with Crippen molar-refractivity contribution in [2.24, 2.45) is 0 Å². The summed E-state index contributed by atoms with van der Waals surface area (Å²) < 4.78 is 0. The summed E-state index contributed by atoms with van der Waals surface area (Å²) in [6.07, 6.45) is 0. The number of aryl methyl sites for hydroxylation is 1. The fourth-order valence-electron chi connectivity index (χ4n) is 2.82. The van der Waals surface area contributed by atoms with Crippen LogP contribution in [0.4, 0.5) is 10.5 Å². The summed E-state index contributed by atoms with van der Waals surface area (Å²) in [5, 5.41) is 5.66. The molecule has 0 aliphatic carbocycles. The number of carbonyl (C=O) groups is 3. The van der Waals surface area contributed by atoms with Gasteiger partial charge in [0.05, 0.1) is 10.7 Å². The summed E-state index contributed by atoms with van der Waals surface area (Å²) in [5.74, 6) is -0.976. The van der Waals surface area contributed by atoms with E-state index in [1.807, 2.05) is 19.1 Å². The molecule has 4 amide bonds. The highest BCUT2D eigenvalue weighted by Crippen LogP contribution is 2.29. The third-order valence-electron chi connectivity index (χ3n) is 4.35. The number of hydrogen-bond donors (Lipinski definition) is 2. The Morgan fingerprint density at radius 3 is 2.46 bits per heavy atom. The lowest BCUT2D eigenvalue weighted by atomic mass is 9.91. The molecule has 2 aromatic rings. The molecule has 134 valence electrons. The van der Waals surface area contributed by atoms with Gasteiger partial charge in [-0.25, -0.2) is 4.79 Å². The topological polar surface area (TPSA) is 78.5 Å².